The van der Waals surface area contributed by atoms with E-state index >= 15 is 0 Å². The number of pyridine rings is 1. The Bertz CT molecular complexity index is 699. The highest BCUT2D eigenvalue weighted by Gasteiger charge is 1.99. The maximum Gasteiger partial charge on any atom is 0.249 e. The van der Waals surface area contributed by atoms with E-state index < -0.39 is 0 Å². The molecule has 1 amide bonds. The molecule has 2 aromatic rings. The summed E-state index contributed by atoms with van der Waals surface area (Å²) < 4.78 is 0. The van der Waals surface area contributed by atoms with E-state index in [2.05, 4.69) is 16.4 Å². The molecule has 4 heteroatoms. The Hall–Kier alpha value is -2.93. The van der Waals surface area contributed by atoms with E-state index in [9.17, 15) is 4.79 Å². The molecule has 0 unspecified atom stereocenters. The molecule has 1 aromatic carbocycles. The first-order valence-corrected chi connectivity index (χ1v) is 6.09. The molecule has 0 radical (unpaired) electrons. The van der Waals surface area contributed by atoms with Crippen LogP contribution in [-0.4, -0.2) is 10.9 Å². The Kier molecular flexibility index (Phi) is 4.25. The van der Waals surface area contributed by atoms with Crippen LogP contribution in [0.25, 0.3) is 6.08 Å². The van der Waals surface area contributed by atoms with Crippen molar-refractivity contribution in [3.63, 3.8) is 0 Å². The molecule has 20 heavy (non-hydrogen) atoms. The van der Waals surface area contributed by atoms with E-state index in [0.29, 0.717) is 11.4 Å². The highest BCUT2D eigenvalue weighted by molar-refractivity contribution is 6.01. The van der Waals surface area contributed by atoms with Crippen LogP contribution in [0.5, 0.6) is 0 Å². The number of aromatic nitrogens is 1. The lowest BCUT2D eigenvalue weighted by Gasteiger charge is -2.01. The van der Waals surface area contributed by atoms with Crippen LogP contribution in [0.2, 0.25) is 0 Å². The fraction of sp³-hybridized carbons (Fsp3) is 0.0625. The van der Waals surface area contributed by atoms with E-state index in [1.54, 1.807) is 36.5 Å². The fourth-order valence-corrected chi connectivity index (χ4v) is 1.66. The third-order valence-corrected chi connectivity index (χ3v) is 2.61. The molecule has 1 aromatic heterocycles. The van der Waals surface area contributed by atoms with Crippen molar-refractivity contribution in [1.82, 2.24) is 4.98 Å². The summed E-state index contributed by atoms with van der Waals surface area (Å²) in [5.74, 6) is 0.260. The number of nitriles is 1. The van der Waals surface area contributed by atoms with E-state index in [1.165, 1.54) is 6.08 Å². The first-order valence-electron chi connectivity index (χ1n) is 6.09. The number of nitrogens with one attached hydrogen (secondary N) is 1. The predicted molar refractivity (Wildman–Crippen MR) is 77.8 cm³/mol. The van der Waals surface area contributed by atoms with Gasteiger partial charge in [-0.2, -0.15) is 5.26 Å². The van der Waals surface area contributed by atoms with Gasteiger partial charge in [-0.1, -0.05) is 12.1 Å². The highest BCUT2D eigenvalue weighted by atomic mass is 16.1. The molecular formula is C16H13N3O. The standard InChI is InChI=1S/C16H13N3O/c1-12-7-8-18-15(9-12)19-16(20)6-5-13-3-2-4-14(10-13)11-17/h2-10H,1H3,(H,18,19,20)/b6-5+. The zero-order valence-electron chi connectivity index (χ0n) is 11.0. The number of hydrogen-bond donors (Lipinski definition) is 1. The second kappa shape index (κ2) is 6.30. The van der Waals surface area contributed by atoms with E-state index in [0.717, 1.165) is 11.1 Å². The summed E-state index contributed by atoms with van der Waals surface area (Å²) in [6.07, 6.45) is 4.72. The normalized spacial score (nSPS) is 10.2. The molecular weight excluding hydrogens is 250 g/mol. The van der Waals surface area contributed by atoms with E-state index in [1.807, 2.05) is 19.1 Å². The SMILES string of the molecule is Cc1ccnc(NC(=O)/C=C/c2cccc(C#N)c2)c1. The Labute approximate surface area is 117 Å². The number of nitrogens with zero attached hydrogens (tertiary/aromatic N) is 2. The summed E-state index contributed by atoms with van der Waals surface area (Å²) in [4.78, 5) is 15.8. The van der Waals surface area contributed by atoms with Gasteiger partial charge in [-0.3, -0.25) is 4.79 Å². The van der Waals surface area contributed by atoms with Crippen molar-refractivity contribution >= 4 is 17.8 Å². The van der Waals surface area contributed by atoms with Gasteiger partial charge in [0.15, 0.2) is 0 Å². The summed E-state index contributed by atoms with van der Waals surface area (Å²) in [5, 5.41) is 11.5. The molecule has 0 bridgehead atoms. The molecule has 0 spiro atoms. The third-order valence-electron chi connectivity index (χ3n) is 2.61. The lowest BCUT2D eigenvalue weighted by molar-refractivity contribution is -0.111. The summed E-state index contributed by atoms with van der Waals surface area (Å²) in [6, 6.07) is 12.7. The minimum atomic E-state index is -0.259. The summed E-state index contributed by atoms with van der Waals surface area (Å²) in [5.41, 5.74) is 2.39. The van der Waals surface area contributed by atoms with Crippen LogP contribution >= 0.6 is 0 Å². The van der Waals surface area contributed by atoms with Crippen molar-refractivity contribution < 1.29 is 4.79 Å². The summed E-state index contributed by atoms with van der Waals surface area (Å²) >= 11 is 0. The average Bonchev–Trinajstić information content (AvgIpc) is 2.45. The molecule has 0 saturated heterocycles. The van der Waals surface area contributed by atoms with E-state index in [-0.39, 0.29) is 5.91 Å². The molecule has 0 aliphatic rings. The molecule has 0 saturated carbocycles. The molecule has 0 aliphatic carbocycles. The van der Waals surface area contributed by atoms with Crippen LogP contribution in [0.1, 0.15) is 16.7 Å². The van der Waals surface area contributed by atoms with Gasteiger partial charge in [0.05, 0.1) is 11.6 Å². The number of rotatable bonds is 3. The topological polar surface area (TPSA) is 65.8 Å². The number of anilines is 1. The van der Waals surface area contributed by atoms with Gasteiger partial charge in [0, 0.05) is 12.3 Å². The van der Waals surface area contributed by atoms with Crippen LogP contribution in [-0.2, 0) is 4.79 Å². The number of hydrogen-bond acceptors (Lipinski definition) is 3. The Balaban J connectivity index is 2.04. The van der Waals surface area contributed by atoms with Gasteiger partial charge < -0.3 is 5.32 Å². The van der Waals surface area contributed by atoms with Crippen molar-refractivity contribution in [2.24, 2.45) is 0 Å². The predicted octanol–water partition coefficient (Wildman–Crippen LogP) is 2.91. The third kappa shape index (κ3) is 3.79. The molecule has 0 fully saturated rings. The number of aryl methyl sites for hydroxylation is 1. The van der Waals surface area contributed by atoms with Crippen LogP contribution < -0.4 is 5.32 Å². The van der Waals surface area contributed by atoms with Crippen molar-refractivity contribution in [1.29, 1.82) is 5.26 Å². The van der Waals surface area contributed by atoms with Crippen LogP contribution in [0, 0.1) is 18.3 Å². The summed E-state index contributed by atoms with van der Waals surface area (Å²) in [6.45, 7) is 1.93. The first-order chi connectivity index (χ1) is 9.67. The number of carbonyl (C=O) groups excluding carboxylic acids is 1. The first kappa shape index (κ1) is 13.5. The molecule has 98 valence electrons. The van der Waals surface area contributed by atoms with E-state index in [4.69, 9.17) is 5.26 Å². The Morgan fingerprint density at radius 1 is 1.35 bits per heavy atom. The molecule has 0 atom stereocenters. The van der Waals surface area contributed by atoms with Crippen molar-refractivity contribution in [2.45, 2.75) is 6.92 Å². The van der Waals surface area contributed by atoms with Gasteiger partial charge >= 0.3 is 0 Å². The Morgan fingerprint density at radius 3 is 2.95 bits per heavy atom. The van der Waals surface area contributed by atoms with Crippen molar-refractivity contribution in [3.05, 3.63) is 65.4 Å². The molecule has 2 rings (SSSR count). The lowest BCUT2D eigenvalue weighted by Crippen LogP contribution is -2.09. The molecule has 4 nitrogen and oxygen atoms in total. The maximum atomic E-state index is 11.7. The number of carbonyl (C=O) groups is 1. The minimum Gasteiger partial charge on any atom is -0.307 e. The highest BCUT2D eigenvalue weighted by Crippen LogP contribution is 2.08. The number of benzene rings is 1. The largest absolute Gasteiger partial charge is 0.307 e. The monoisotopic (exact) mass is 263 g/mol. The van der Waals surface area contributed by atoms with Gasteiger partial charge in [-0.05, 0) is 48.4 Å². The Morgan fingerprint density at radius 2 is 2.20 bits per heavy atom. The molecule has 0 aliphatic heterocycles. The smallest absolute Gasteiger partial charge is 0.249 e. The quantitative estimate of drug-likeness (QED) is 0.866. The summed E-state index contributed by atoms with van der Waals surface area (Å²) in [7, 11) is 0. The molecule has 1 heterocycles. The van der Waals surface area contributed by atoms with Gasteiger partial charge in [-0.15, -0.1) is 0 Å². The van der Waals surface area contributed by atoms with Gasteiger partial charge in [0.25, 0.3) is 0 Å². The zero-order chi connectivity index (χ0) is 14.4. The maximum absolute atomic E-state index is 11.7. The number of amides is 1. The van der Waals surface area contributed by atoms with Crippen molar-refractivity contribution in [2.75, 3.05) is 5.32 Å². The second-order valence-electron chi connectivity index (χ2n) is 4.28. The van der Waals surface area contributed by atoms with Gasteiger partial charge in [0.2, 0.25) is 5.91 Å². The van der Waals surface area contributed by atoms with Gasteiger partial charge in [-0.25, -0.2) is 4.98 Å². The minimum absolute atomic E-state index is 0.259. The lowest BCUT2D eigenvalue weighted by atomic mass is 10.1. The van der Waals surface area contributed by atoms with Crippen molar-refractivity contribution in [3.8, 4) is 6.07 Å². The van der Waals surface area contributed by atoms with Gasteiger partial charge in [0.1, 0.15) is 5.82 Å². The van der Waals surface area contributed by atoms with Crippen LogP contribution in [0.4, 0.5) is 5.82 Å². The van der Waals surface area contributed by atoms with Crippen LogP contribution in [0.3, 0.4) is 0 Å². The average molecular weight is 263 g/mol. The zero-order valence-corrected chi connectivity index (χ0v) is 11.0. The fourth-order valence-electron chi connectivity index (χ4n) is 1.66. The second-order valence-corrected chi connectivity index (χ2v) is 4.28. The molecule has 1 N–H and O–H groups in total. The van der Waals surface area contributed by atoms with Crippen LogP contribution in [0.15, 0.2) is 48.7 Å².